The standard InChI is InChI=1S/C29H36N6O4/c1-4-26(36)31-24-10-9-11-25(18-24)39-28-21(2)19-30-29(33-28)32-23-15-13-22(14-16-23)20-35(3)17-8-6-5-7-12-27(37)34-38/h4,9-11,13-16,18-19,38H,1,5-8,12,17,20H2,2-3H3,(H,31,36)(H,34,37)(H,30,32,33). The number of anilines is 3. The van der Waals surface area contributed by atoms with E-state index in [1.807, 2.05) is 19.1 Å². The lowest BCUT2D eigenvalue weighted by molar-refractivity contribution is -0.129. The number of rotatable bonds is 15. The van der Waals surface area contributed by atoms with E-state index in [4.69, 9.17) is 9.94 Å². The summed E-state index contributed by atoms with van der Waals surface area (Å²) in [4.78, 5) is 33.8. The zero-order chi connectivity index (χ0) is 28.0. The summed E-state index contributed by atoms with van der Waals surface area (Å²) in [5.41, 5.74) is 5.08. The molecule has 0 spiro atoms. The van der Waals surface area contributed by atoms with Crippen molar-refractivity contribution in [2.45, 2.75) is 45.6 Å². The van der Waals surface area contributed by atoms with Crippen molar-refractivity contribution in [3.8, 4) is 11.6 Å². The summed E-state index contributed by atoms with van der Waals surface area (Å²) in [7, 11) is 2.09. The number of nitrogens with one attached hydrogen (secondary N) is 3. The fraction of sp³-hybridized carbons (Fsp3) is 0.310. The summed E-state index contributed by atoms with van der Waals surface area (Å²) < 4.78 is 5.97. The molecular weight excluding hydrogens is 496 g/mol. The quantitative estimate of drug-likeness (QED) is 0.0894. The molecule has 1 heterocycles. The normalized spacial score (nSPS) is 10.7. The Balaban J connectivity index is 1.50. The number of aryl methyl sites for hydroxylation is 1. The molecule has 0 unspecified atom stereocenters. The topological polar surface area (TPSA) is 129 Å². The summed E-state index contributed by atoms with van der Waals surface area (Å²) >= 11 is 0. The molecule has 0 aliphatic rings. The predicted molar refractivity (Wildman–Crippen MR) is 151 cm³/mol. The summed E-state index contributed by atoms with van der Waals surface area (Å²) in [5.74, 6) is 0.731. The molecule has 4 N–H and O–H groups in total. The molecule has 0 atom stereocenters. The van der Waals surface area contributed by atoms with E-state index >= 15 is 0 Å². The van der Waals surface area contributed by atoms with Crippen molar-refractivity contribution >= 4 is 29.1 Å². The fourth-order valence-electron chi connectivity index (χ4n) is 3.82. The molecule has 0 radical (unpaired) electrons. The van der Waals surface area contributed by atoms with Gasteiger partial charge >= 0.3 is 0 Å². The van der Waals surface area contributed by atoms with Crippen LogP contribution >= 0.6 is 0 Å². The lowest BCUT2D eigenvalue weighted by Gasteiger charge is -2.17. The van der Waals surface area contributed by atoms with E-state index < -0.39 is 0 Å². The maximum Gasteiger partial charge on any atom is 0.247 e. The van der Waals surface area contributed by atoms with E-state index in [9.17, 15) is 9.59 Å². The second-order valence-electron chi connectivity index (χ2n) is 9.26. The van der Waals surface area contributed by atoms with E-state index in [1.54, 1.807) is 35.9 Å². The van der Waals surface area contributed by atoms with Crippen LogP contribution in [0.5, 0.6) is 11.6 Å². The Hall–Kier alpha value is -4.28. The molecule has 0 saturated heterocycles. The average molecular weight is 533 g/mol. The lowest BCUT2D eigenvalue weighted by Crippen LogP contribution is -2.19. The number of ether oxygens (including phenoxy) is 1. The molecule has 39 heavy (non-hydrogen) atoms. The van der Waals surface area contributed by atoms with Crippen LogP contribution in [0, 0.1) is 6.92 Å². The highest BCUT2D eigenvalue weighted by molar-refractivity contribution is 5.98. The molecule has 2 aromatic carbocycles. The largest absolute Gasteiger partial charge is 0.438 e. The minimum Gasteiger partial charge on any atom is -0.438 e. The van der Waals surface area contributed by atoms with E-state index in [2.05, 4.69) is 51.3 Å². The summed E-state index contributed by atoms with van der Waals surface area (Å²) in [5, 5.41) is 14.4. The van der Waals surface area contributed by atoms with Crippen LogP contribution in [0.15, 0.2) is 67.4 Å². The van der Waals surface area contributed by atoms with Crippen molar-refractivity contribution in [1.82, 2.24) is 20.3 Å². The number of nitrogens with zero attached hydrogens (tertiary/aromatic N) is 3. The number of carbonyl (C=O) groups excluding carboxylic acids is 2. The van der Waals surface area contributed by atoms with Gasteiger partial charge in [-0.3, -0.25) is 14.8 Å². The number of amides is 2. The highest BCUT2D eigenvalue weighted by atomic mass is 16.5. The van der Waals surface area contributed by atoms with Gasteiger partial charge in [0, 0.05) is 42.2 Å². The minimum absolute atomic E-state index is 0.298. The highest BCUT2D eigenvalue weighted by Crippen LogP contribution is 2.26. The Kier molecular flexibility index (Phi) is 11.4. The minimum atomic E-state index is -0.328. The molecule has 1 aromatic heterocycles. The van der Waals surface area contributed by atoms with Crippen LogP contribution in [0.1, 0.15) is 43.2 Å². The molecular formula is C29H36N6O4. The number of hydrogen-bond donors (Lipinski definition) is 4. The van der Waals surface area contributed by atoms with Crippen molar-refractivity contribution in [2.75, 3.05) is 24.2 Å². The fourth-order valence-corrected chi connectivity index (χ4v) is 3.82. The maximum atomic E-state index is 11.6. The maximum absolute atomic E-state index is 11.6. The third-order valence-corrected chi connectivity index (χ3v) is 5.91. The Morgan fingerprint density at radius 1 is 1.08 bits per heavy atom. The average Bonchev–Trinajstić information content (AvgIpc) is 2.93. The van der Waals surface area contributed by atoms with Gasteiger partial charge in [-0.05, 0) is 69.3 Å². The summed E-state index contributed by atoms with van der Waals surface area (Å²) in [6.45, 7) is 7.12. The van der Waals surface area contributed by atoms with Crippen LogP contribution in [-0.4, -0.2) is 45.5 Å². The molecule has 0 fully saturated rings. The third kappa shape index (κ3) is 10.2. The molecule has 0 bridgehead atoms. The monoisotopic (exact) mass is 532 g/mol. The zero-order valence-corrected chi connectivity index (χ0v) is 22.4. The number of aromatic nitrogens is 2. The van der Waals surface area contributed by atoms with Crippen molar-refractivity contribution in [3.05, 3.63) is 78.5 Å². The van der Waals surface area contributed by atoms with Crippen molar-refractivity contribution < 1.29 is 19.5 Å². The molecule has 3 rings (SSSR count). The molecule has 10 nitrogen and oxygen atoms in total. The molecule has 0 saturated carbocycles. The first-order valence-electron chi connectivity index (χ1n) is 12.9. The Bertz CT molecular complexity index is 1250. The first-order valence-corrected chi connectivity index (χ1v) is 12.9. The first kappa shape index (κ1) is 29.3. The van der Waals surface area contributed by atoms with E-state index in [1.165, 1.54) is 11.6 Å². The van der Waals surface area contributed by atoms with E-state index in [0.29, 0.717) is 29.7 Å². The van der Waals surface area contributed by atoms with Gasteiger partial charge in [0.05, 0.1) is 0 Å². The number of carbonyl (C=O) groups is 2. The van der Waals surface area contributed by atoms with Gasteiger partial charge < -0.3 is 20.3 Å². The molecule has 2 amide bonds. The zero-order valence-electron chi connectivity index (χ0n) is 22.4. The number of hydroxylamine groups is 1. The molecule has 0 aliphatic heterocycles. The van der Waals surface area contributed by atoms with Crippen LogP contribution in [0.4, 0.5) is 17.3 Å². The number of hydrogen-bond acceptors (Lipinski definition) is 8. The van der Waals surface area contributed by atoms with Gasteiger partial charge in [-0.25, -0.2) is 10.5 Å². The smallest absolute Gasteiger partial charge is 0.247 e. The van der Waals surface area contributed by atoms with Crippen LogP contribution in [0.25, 0.3) is 0 Å². The van der Waals surface area contributed by atoms with Gasteiger partial charge in [-0.2, -0.15) is 4.98 Å². The Morgan fingerprint density at radius 3 is 2.59 bits per heavy atom. The van der Waals surface area contributed by atoms with Gasteiger partial charge in [0.25, 0.3) is 0 Å². The van der Waals surface area contributed by atoms with Gasteiger partial charge in [-0.15, -0.1) is 0 Å². The second kappa shape index (κ2) is 15.2. The van der Waals surface area contributed by atoms with Crippen LogP contribution in [0.3, 0.4) is 0 Å². The van der Waals surface area contributed by atoms with Crippen molar-refractivity contribution in [3.63, 3.8) is 0 Å². The third-order valence-electron chi connectivity index (χ3n) is 5.91. The predicted octanol–water partition coefficient (Wildman–Crippen LogP) is 5.33. The van der Waals surface area contributed by atoms with Crippen molar-refractivity contribution in [2.24, 2.45) is 0 Å². The first-order chi connectivity index (χ1) is 18.9. The van der Waals surface area contributed by atoms with Gasteiger partial charge in [0.15, 0.2) is 0 Å². The van der Waals surface area contributed by atoms with Crippen LogP contribution < -0.4 is 20.9 Å². The van der Waals surface area contributed by atoms with Gasteiger partial charge in [-0.1, -0.05) is 37.6 Å². The molecule has 3 aromatic rings. The lowest BCUT2D eigenvalue weighted by atomic mass is 10.1. The van der Waals surface area contributed by atoms with Gasteiger partial charge in [0.2, 0.25) is 23.6 Å². The second-order valence-corrected chi connectivity index (χ2v) is 9.26. The summed E-state index contributed by atoms with van der Waals surface area (Å²) in [6.07, 6.45) is 7.12. The van der Waals surface area contributed by atoms with E-state index in [-0.39, 0.29) is 11.8 Å². The molecule has 0 aliphatic carbocycles. The van der Waals surface area contributed by atoms with Gasteiger partial charge in [0.1, 0.15) is 5.75 Å². The molecule has 10 heteroatoms. The van der Waals surface area contributed by atoms with E-state index in [0.717, 1.165) is 50.0 Å². The highest BCUT2D eigenvalue weighted by Gasteiger charge is 2.09. The number of benzene rings is 2. The molecule has 206 valence electrons. The SMILES string of the molecule is C=CC(=O)Nc1cccc(Oc2nc(Nc3ccc(CN(C)CCCCCCC(=O)NO)cc3)ncc2C)c1. The summed E-state index contributed by atoms with van der Waals surface area (Å²) in [6, 6.07) is 15.2. The van der Waals surface area contributed by atoms with Crippen LogP contribution in [-0.2, 0) is 16.1 Å². The van der Waals surface area contributed by atoms with Crippen molar-refractivity contribution in [1.29, 1.82) is 0 Å². The Labute approximate surface area is 229 Å². The number of unbranched alkanes of at least 4 members (excludes halogenated alkanes) is 3. The Morgan fingerprint density at radius 2 is 1.85 bits per heavy atom. The van der Waals surface area contributed by atoms with Crippen LogP contribution in [0.2, 0.25) is 0 Å².